The maximum atomic E-state index is 9.09. The van der Waals surface area contributed by atoms with Crippen LogP contribution in [0.25, 0.3) is 21.9 Å². The fourth-order valence-corrected chi connectivity index (χ4v) is 2.76. The summed E-state index contributed by atoms with van der Waals surface area (Å²) in [5.41, 5.74) is 5.77. The number of rotatable bonds is 2. The standard InChI is InChI=1S/2C10H10O2/c1-7-4-8-2-3-12-10(8)5-9(7)6-11;1-7-2-3-10-8(4-5-12-10)9(7)6-11/h2*2-5,11H,6H2,1H3. The average molecular weight is 324 g/mol. The number of hydrogen-bond acceptors (Lipinski definition) is 4. The zero-order valence-electron chi connectivity index (χ0n) is 13.7. The Morgan fingerprint density at radius 2 is 1.54 bits per heavy atom. The Kier molecular flexibility index (Phi) is 4.69. The lowest BCUT2D eigenvalue weighted by Gasteiger charge is -2.01. The molecular weight excluding hydrogens is 304 g/mol. The number of aliphatic hydroxyl groups is 2. The highest BCUT2D eigenvalue weighted by molar-refractivity contribution is 5.82. The van der Waals surface area contributed by atoms with Crippen molar-refractivity contribution in [3.63, 3.8) is 0 Å². The van der Waals surface area contributed by atoms with Crippen molar-refractivity contribution in [1.82, 2.24) is 0 Å². The van der Waals surface area contributed by atoms with Crippen LogP contribution in [-0.4, -0.2) is 10.2 Å². The van der Waals surface area contributed by atoms with E-state index in [-0.39, 0.29) is 13.2 Å². The molecule has 0 bridgehead atoms. The van der Waals surface area contributed by atoms with Gasteiger partial charge in [-0.3, -0.25) is 0 Å². The second-order valence-corrected chi connectivity index (χ2v) is 5.75. The molecule has 2 aromatic carbocycles. The van der Waals surface area contributed by atoms with Gasteiger partial charge in [-0.25, -0.2) is 0 Å². The van der Waals surface area contributed by atoms with Gasteiger partial charge in [0.2, 0.25) is 0 Å². The first kappa shape index (κ1) is 16.3. The molecule has 0 atom stereocenters. The molecule has 0 saturated heterocycles. The van der Waals surface area contributed by atoms with Crippen LogP contribution in [0.5, 0.6) is 0 Å². The highest BCUT2D eigenvalue weighted by atomic mass is 16.3. The molecule has 2 heterocycles. The van der Waals surface area contributed by atoms with E-state index < -0.39 is 0 Å². The molecule has 4 nitrogen and oxygen atoms in total. The summed E-state index contributed by atoms with van der Waals surface area (Å²) in [6.07, 6.45) is 3.30. The molecule has 4 aromatic rings. The molecule has 0 aliphatic rings. The molecule has 0 aliphatic heterocycles. The van der Waals surface area contributed by atoms with Crippen LogP contribution in [0.2, 0.25) is 0 Å². The van der Waals surface area contributed by atoms with Crippen LogP contribution < -0.4 is 0 Å². The highest BCUT2D eigenvalue weighted by Crippen LogP contribution is 2.23. The van der Waals surface area contributed by atoms with E-state index in [1.165, 1.54) is 0 Å². The maximum absolute atomic E-state index is 9.09. The van der Waals surface area contributed by atoms with E-state index in [4.69, 9.17) is 19.0 Å². The third-order valence-corrected chi connectivity index (χ3v) is 4.22. The number of hydrogen-bond donors (Lipinski definition) is 2. The molecule has 0 spiro atoms. The predicted octanol–water partition coefficient (Wildman–Crippen LogP) is 4.47. The molecule has 0 aliphatic carbocycles. The van der Waals surface area contributed by atoms with Crippen LogP contribution in [0.1, 0.15) is 22.3 Å². The van der Waals surface area contributed by atoms with Crippen molar-refractivity contribution in [1.29, 1.82) is 0 Å². The largest absolute Gasteiger partial charge is 0.464 e. The first-order chi connectivity index (χ1) is 11.6. The Hall–Kier alpha value is -2.56. The lowest BCUT2D eigenvalue weighted by atomic mass is 10.1. The lowest BCUT2D eigenvalue weighted by molar-refractivity contribution is 0.281. The summed E-state index contributed by atoms with van der Waals surface area (Å²) in [6.45, 7) is 4.11. The summed E-state index contributed by atoms with van der Waals surface area (Å²) in [6, 6.07) is 11.6. The fraction of sp³-hybridized carbons (Fsp3) is 0.200. The van der Waals surface area contributed by atoms with E-state index in [9.17, 15) is 0 Å². The Bertz CT molecular complexity index is 962. The van der Waals surface area contributed by atoms with Gasteiger partial charge in [0.1, 0.15) is 11.2 Å². The van der Waals surface area contributed by atoms with Crippen molar-refractivity contribution < 1.29 is 19.0 Å². The summed E-state index contributed by atoms with van der Waals surface area (Å²) < 4.78 is 10.4. The van der Waals surface area contributed by atoms with E-state index in [0.717, 1.165) is 44.2 Å². The van der Waals surface area contributed by atoms with Crippen LogP contribution in [0.15, 0.2) is 57.8 Å². The molecule has 24 heavy (non-hydrogen) atoms. The van der Waals surface area contributed by atoms with Crippen LogP contribution in [-0.2, 0) is 13.2 Å². The molecule has 2 aromatic heterocycles. The number of aliphatic hydroxyl groups excluding tert-OH is 2. The van der Waals surface area contributed by atoms with Gasteiger partial charge in [0.05, 0.1) is 25.7 Å². The van der Waals surface area contributed by atoms with Crippen LogP contribution >= 0.6 is 0 Å². The fourth-order valence-electron chi connectivity index (χ4n) is 2.76. The zero-order chi connectivity index (χ0) is 17.1. The van der Waals surface area contributed by atoms with Gasteiger partial charge in [-0.15, -0.1) is 0 Å². The van der Waals surface area contributed by atoms with Gasteiger partial charge in [-0.2, -0.15) is 0 Å². The average Bonchev–Trinajstić information content (AvgIpc) is 3.23. The van der Waals surface area contributed by atoms with E-state index in [2.05, 4.69) is 0 Å². The van der Waals surface area contributed by atoms with Gasteiger partial charge in [0.15, 0.2) is 0 Å². The second-order valence-electron chi connectivity index (χ2n) is 5.75. The van der Waals surface area contributed by atoms with Crippen molar-refractivity contribution in [3.05, 3.63) is 71.2 Å². The SMILES string of the molecule is Cc1cc2ccoc2cc1CO.Cc1ccc2occc2c1CO. The molecule has 0 unspecified atom stereocenters. The van der Waals surface area contributed by atoms with Crippen molar-refractivity contribution in [2.24, 2.45) is 0 Å². The highest BCUT2D eigenvalue weighted by Gasteiger charge is 2.04. The minimum Gasteiger partial charge on any atom is -0.464 e. The lowest BCUT2D eigenvalue weighted by Crippen LogP contribution is -1.88. The Balaban J connectivity index is 0.000000141. The van der Waals surface area contributed by atoms with Gasteiger partial charge < -0.3 is 19.0 Å². The van der Waals surface area contributed by atoms with E-state index >= 15 is 0 Å². The topological polar surface area (TPSA) is 66.7 Å². The van der Waals surface area contributed by atoms with Gasteiger partial charge in [-0.1, -0.05) is 6.07 Å². The van der Waals surface area contributed by atoms with E-state index in [0.29, 0.717) is 0 Å². The normalized spacial score (nSPS) is 10.8. The molecule has 0 fully saturated rings. The van der Waals surface area contributed by atoms with Gasteiger partial charge in [-0.05, 0) is 66.4 Å². The van der Waals surface area contributed by atoms with Crippen molar-refractivity contribution in [3.8, 4) is 0 Å². The third kappa shape index (κ3) is 3.07. The van der Waals surface area contributed by atoms with E-state index in [1.54, 1.807) is 12.5 Å². The molecular formula is C20H20O4. The molecule has 0 radical (unpaired) electrons. The van der Waals surface area contributed by atoms with Crippen molar-refractivity contribution >= 4 is 21.9 Å². The molecule has 124 valence electrons. The summed E-state index contributed by atoms with van der Waals surface area (Å²) in [4.78, 5) is 0. The van der Waals surface area contributed by atoms with Gasteiger partial charge >= 0.3 is 0 Å². The predicted molar refractivity (Wildman–Crippen MR) is 93.7 cm³/mol. The Morgan fingerprint density at radius 3 is 2.29 bits per heavy atom. The van der Waals surface area contributed by atoms with Crippen LogP contribution in [0.3, 0.4) is 0 Å². The number of fused-ring (bicyclic) bond motifs is 2. The second kappa shape index (κ2) is 6.91. The van der Waals surface area contributed by atoms with Crippen molar-refractivity contribution in [2.45, 2.75) is 27.1 Å². The minimum absolute atomic E-state index is 0.0719. The molecule has 0 saturated carbocycles. The van der Waals surface area contributed by atoms with E-state index in [1.807, 2.05) is 50.2 Å². The van der Waals surface area contributed by atoms with Crippen LogP contribution in [0.4, 0.5) is 0 Å². The third-order valence-electron chi connectivity index (χ3n) is 4.22. The minimum atomic E-state index is 0.0719. The summed E-state index contributed by atoms with van der Waals surface area (Å²) in [5, 5.41) is 20.2. The maximum Gasteiger partial charge on any atom is 0.134 e. The molecule has 4 heteroatoms. The molecule has 2 N–H and O–H groups in total. The summed E-state index contributed by atoms with van der Waals surface area (Å²) in [5.74, 6) is 0. The smallest absolute Gasteiger partial charge is 0.134 e. The summed E-state index contributed by atoms with van der Waals surface area (Å²) in [7, 11) is 0. The van der Waals surface area contributed by atoms with Crippen molar-refractivity contribution in [2.75, 3.05) is 0 Å². The number of furan rings is 2. The number of aryl methyl sites for hydroxylation is 2. The quantitative estimate of drug-likeness (QED) is 0.571. The molecule has 4 rings (SSSR count). The van der Waals surface area contributed by atoms with Gasteiger partial charge in [0, 0.05) is 10.8 Å². The monoisotopic (exact) mass is 324 g/mol. The van der Waals surface area contributed by atoms with Gasteiger partial charge in [0.25, 0.3) is 0 Å². The first-order valence-corrected chi connectivity index (χ1v) is 7.78. The number of benzene rings is 2. The molecule has 0 amide bonds. The Labute approximate surface area is 139 Å². The zero-order valence-corrected chi connectivity index (χ0v) is 13.7. The Morgan fingerprint density at radius 1 is 0.792 bits per heavy atom. The first-order valence-electron chi connectivity index (χ1n) is 7.78. The van der Waals surface area contributed by atoms with Crippen LogP contribution in [0, 0.1) is 13.8 Å². The summed E-state index contributed by atoms with van der Waals surface area (Å²) >= 11 is 0.